The van der Waals surface area contributed by atoms with E-state index in [2.05, 4.69) is 16.0 Å². The van der Waals surface area contributed by atoms with Crippen molar-refractivity contribution < 1.29 is 123 Å². The molecule has 0 radical (unpaired) electrons. The minimum Gasteiger partial charge on any atom is -0.480 e. The average Bonchev–Trinajstić information content (AvgIpc) is 4.26. The van der Waals surface area contributed by atoms with Crippen LogP contribution in [0.5, 0.6) is 0 Å². The zero-order chi connectivity index (χ0) is 77.7. The maximum Gasteiger partial charge on any atom is 0.320 e. The molecule has 96 heavy (non-hydrogen) atoms. The number of nitrogens with zero attached hydrogens (tertiary/aromatic N) is 1. The molecule has 1 aliphatic rings. The van der Waals surface area contributed by atoms with E-state index >= 15 is 0 Å². The van der Waals surface area contributed by atoms with Crippen LogP contribution in [0.15, 0.2) is 35.3 Å². The van der Waals surface area contributed by atoms with Gasteiger partial charge >= 0.3 is 65.7 Å². The van der Waals surface area contributed by atoms with Gasteiger partial charge in [-0.3, -0.25) is 72.1 Å². The van der Waals surface area contributed by atoms with Crippen LogP contribution in [-0.4, -0.2) is 226 Å². The molecule has 1 aromatic carbocycles. The molecule has 2 rings (SSSR count). The van der Waals surface area contributed by atoms with Gasteiger partial charge in [0.05, 0.1) is 6.54 Å². The number of carboxylic acid groups (broad SMARTS) is 11. The van der Waals surface area contributed by atoms with E-state index in [9.17, 15) is 67.1 Å². The van der Waals surface area contributed by atoms with E-state index in [-0.39, 0.29) is 63.0 Å². The van der Waals surface area contributed by atoms with Gasteiger partial charge in [-0.05, 0) is 95.6 Å². The molecule has 42 N–H and O–H groups in total. The minimum absolute atomic E-state index is 0.0129. The highest BCUT2D eigenvalue weighted by Crippen LogP contribution is 2.05. The molecule has 0 unspecified atom stereocenters. The Bertz CT molecular complexity index is 2310. The molecule has 1 fully saturated rings. The lowest BCUT2D eigenvalue weighted by molar-refractivity contribution is -0.140. The van der Waals surface area contributed by atoms with Crippen molar-refractivity contribution in [2.75, 3.05) is 19.6 Å². The van der Waals surface area contributed by atoms with Gasteiger partial charge in [0.25, 0.3) is 0 Å². The first-order valence-corrected chi connectivity index (χ1v) is 28.5. The second-order valence-electron chi connectivity index (χ2n) is 20.4. The summed E-state index contributed by atoms with van der Waals surface area (Å²) in [4.78, 5) is 143. The molecule has 0 bridgehead atoms. The number of hydrogen-bond acceptors (Lipinski definition) is 26. The third kappa shape index (κ3) is 88.8. The van der Waals surface area contributed by atoms with Crippen molar-refractivity contribution in [2.45, 2.75) is 179 Å². The van der Waals surface area contributed by atoms with Crippen molar-refractivity contribution >= 4 is 89.3 Å². The number of nitrogens with one attached hydrogen (secondary N) is 1. The van der Waals surface area contributed by atoms with Crippen LogP contribution in [0, 0.1) is 11.8 Å². The number of guanidine groups is 1. The number of primary amides is 3. The van der Waals surface area contributed by atoms with Gasteiger partial charge in [-0.25, -0.2) is 0 Å². The van der Waals surface area contributed by atoms with Gasteiger partial charge in [-0.2, -0.15) is 0 Å². The smallest absolute Gasteiger partial charge is 0.320 e. The number of carboxylic acids is 11. The summed E-state index contributed by atoms with van der Waals surface area (Å²) in [7, 11) is 0. The average molecular weight is 1390 g/mol. The minimum atomic E-state index is -1.11. The number of nitrogens with two attached hydrogens (primary N) is 15. The normalized spacial score (nSPS) is 13.9. The van der Waals surface area contributed by atoms with Crippen LogP contribution in [0.3, 0.4) is 0 Å². The quantitative estimate of drug-likeness (QED) is 0.0201. The highest BCUT2D eigenvalue weighted by atomic mass is 16.4. The SMILES string of the molecule is CC(C)C[C@H](N)C(=O)O.CC(C)[C@H](N)C(=O)O.C[C@H](N)C(=O)O.C[C@H](N)C(=O)O.NC(=O)CC[C@H](N)C(=O)O.NC(=O)CC[C@H](N)C(=O)O.NC(=O)CC[C@H](N)C(=O)O.NC(N)=NCCC[C@H](N)C(=O)O.NCC(=O)O.N[C@@H](Cc1ccccc1)C(=O)O.O=C(O)[C@@H]1CCCN1. The number of rotatable bonds is 29. The number of carbonyl (C=O) groups excluding carboxylic acids is 3. The topological polar surface area (TPSA) is 876 Å². The van der Waals surface area contributed by atoms with E-state index < -0.39 is 138 Å². The monoisotopic (exact) mass is 1390 g/mol. The second kappa shape index (κ2) is 65.7. The van der Waals surface area contributed by atoms with Gasteiger partial charge in [0.15, 0.2) is 5.96 Å². The van der Waals surface area contributed by atoms with E-state index in [0.29, 0.717) is 38.1 Å². The van der Waals surface area contributed by atoms with E-state index in [1.165, 1.54) is 13.8 Å². The Labute approximate surface area is 554 Å². The summed E-state index contributed by atoms with van der Waals surface area (Å²) in [5.74, 6) is -11.9. The van der Waals surface area contributed by atoms with Gasteiger partial charge < -0.3 is 147 Å². The fraction of sp³-hybridized carbons (Fsp3) is 0.611. The summed E-state index contributed by atoms with van der Waals surface area (Å²) in [6.45, 7) is 11.3. The number of hydrogen-bond donors (Lipinski definition) is 27. The van der Waals surface area contributed by atoms with Gasteiger partial charge in [-0.15, -0.1) is 0 Å². The van der Waals surface area contributed by atoms with Crippen molar-refractivity contribution in [2.24, 2.45) is 103 Å². The fourth-order valence-electron chi connectivity index (χ4n) is 4.65. The molecule has 0 aromatic heterocycles. The standard InChI is InChI=1S/C9H11NO2.C6H14N4O2.C6H13NO2.3C5H10N2O3.C5H9NO2.C5H11NO2.2C3H7NO2.C2H5NO2/c10-8(9(11)12)6-7-4-2-1-3-5-7;7-4(5(11)12)2-1-3-10-6(8)9;1-4(2)3-5(7)6(8)9;3*6-3(5(9)10)1-2-4(7)8;7-5(8)4-2-1-3-6-4;1-3(2)4(6)5(7)8;2*1-2(4)3(5)6;3-1-2(4)5/h1-5,8H,6,10H2,(H,11,12);4H,1-3,7H2,(H,11,12)(H4,8,9,10);4-5H,3,7H2,1-2H3,(H,8,9);3*3H,1-2,6H2,(H2,7,8)(H,9,10);4,6H,1-3H2,(H,7,8);3-4H,6H2,1-2H3,(H,7,8);2*2H,4H2,1H3,(H,5,6);1,3H2,(H,4,5)/t8-;4-;5-;3*3-;2*4-;2*2-;/m0000000000./s1. The molecule has 558 valence electrons. The van der Waals surface area contributed by atoms with E-state index in [1.54, 1.807) is 13.8 Å². The van der Waals surface area contributed by atoms with E-state index in [4.69, 9.17) is 136 Å². The first-order valence-electron chi connectivity index (χ1n) is 28.5. The largest absolute Gasteiger partial charge is 0.480 e. The van der Waals surface area contributed by atoms with Crippen molar-refractivity contribution in [3.8, 4) is 0 Å². The molecule has 1 aromatic rings. The highest BCUT2D eigenvalue weighted by Gasteiger charge is 2.21. The third-order valence-corrected chi connectivity index (χ3v) is 10.3. The summed E-state index contributed by atoms with van der Waals surface area (Å²) in [6, 6.07) is 1.65. The zero-order valence-corrected chi connectivity index (χ0v) is 54.7. The van der Waals surface area contributed by atoms with Crippen molar-refractivity contribution in [1.29, 1.82) is 0 Å². The number of aliphatic imine (C=N–C) groups is 1. The number of amides is 3. The fourth-order valence-corrected chi connectivity index (χ4v) is 4.65. The predicted molar refractivity (Wildman–Crippen MR) is 347 cm³/mol. The Balaban J connectivity index is -0.000000125. The van der Waals surface area contributed by atoms with Gasteiger partial charge in [0.1, 0.15) is 60.4 Å². The summed E-state index contributed by atoms with van der Waals surface area (Å²) in [6.07, 6.45) is 4.05. The molecule has 10 atom stereocenters. The first kappa shape index (κ1) is 105. The van der Waals surface area contributed by atoms with Gasteiger partial charge in [0, 0.05) is 25.8 Å². The van der Waals surface area contributed by atoms with Crippen LogP contribution in [0.2, 0.25) is 0 Å². The molecule has 42 heteroatoms. The first-order chi connectivity index (χ1) is 43.8. The van der Waals surface area contributed by atoms with Crippen molar-refractivity contribution in [3.63, 3.8) is 0 Å². The van der Waals surface area contributed by atoms with Gasteiger partial charge in [-0.1, -0.05) is 58.0 Å². The maximum absolute atomic E-state index is 10.4. The summed E-state index contributed by atoms with van der Waals surface area (Å²) in [5.41, 5.74) is 75.7. The molecule has 3 amide bonds. The number of aliphatic carboxylic acids is 11. The van der Waals surface area contributed by atoms with Gasteiger partial charge in [0.2, 0.25) is 17.7 Å². The second-order valence-corrected chi connectivity index (χ2v) is 20.4. The third-order valence-electron chi connectivity index (χ3n) is 10.3. The molecular formula is C54H107N17O25. The molecule has 0 aliphatic carbocycles. The van der Waals surface area contributed by atoms with Crippen LogP contribution >= 0.6 is 0 Å². The van der Waals surface area contributed by atoms with Crippen LogP contribution in [0.4, 0.5) is 0 Å². The Hall–Kier alpha value is -9.37. The highest BCUT2D eigenvalue weighted by molar-refractivity contribution is 5.79. The molecule has 1 aliphatic heterocycles. The maximum atomic E-state index is 10.4. The summed E-state index contributed by atoms with van der Waals surface area (Å²) in [5, 5.41) is 92.6. The predicted octanol–water partition coefficient (Wildman–Crippen LogP) is -6.73. The van der Waals surface area contributed by atoms with Crippen LogP contribution < -0.4 is 91.3 Å². The Kier molecular flexibility index (Phi) is 72.1. The zero-order valence-electron chi connectivity index (χ0n) is 54.7. The van der Waals surface area contributed by atoms with Crippen molar-refractivity contribution in [1.82, 2.24) is 5.32 Å². The lowest BCUT2D eigenvalue weighted by Crippen LogP contribution is -2.34. The molecule has 0 spiro atoms. The number of benzene rings is 1. The van der Waals surface area contributed by atoms with Crippen LogP contribution in [0.25, 0.3) is 0 Å². The summed E-state index contributed by atoms with van der Waals surface area (Å²) >= 11 is 0. The summed E-state index contributed by atoms with van der Waals surface area (Å²) < 4.78 is 0. The molecule has 1 heterocycles. The van der Waals surface area contributed by atoms with Crippen LogP contribution in [-0.2, 0) is 73.5 Å². The van der Waals surface area contributed by atoms with Crippen LogP contribution in [0.1, 0.15) is 118 Å². The lowest BCUT2D eigenvalue weighted by Gasteiger charge is -2.07. The number of carbonyl (C=O) groups is 14. The Morgan fingerprint density at radius 2 is 0.781 bits per heavy atom. The molecule has 1 saturated heterocycles. The molecule has 0 saturated carbocycles. The Morgan fingerprint density at radius 3 is 0.958 bits per heavy atom. The lowest BCUT2D eigenvalue weighted by atomic mass is 10.1. The Morgan fingerprint density at radius 1 is 0.469 bits per heavy atom. The molecular weight excluding hydrogens is 1290 g/mol. The van der Waals surface area contributed by atoms with E-state index in [1.807, 2.05) is 44.2 Å². The van der Waals surface area contributed by atoms with E-state index in [0.717, 1.165) is 24.9 Å². The molecule has 42 nitrogen and oxygen atoms in total. The van der Waals surface area contributed by atoms with Crippen molar-refractivity contribution in [3.05, 3.63) is 35.9 Å².